The lowest BCUT2D eigenvalue weighted by atomic mass is 9.89. The van der Waals surface area contributed by atoms with E-state index < -0.39 is 23.5 Å². The highest BCUT2D eigenvalue weighted by molar-refractivity contribution is 5.83. The molecule has 6 nitrogen and oxygen atoms in total. The molecule has 1 saturated carbocycles. The van der Waals surface area contributed by atoms with Crippen molar-refractivity contribution in [2.24, 2.45) is 11.7 Å². The number of carboxylic acids is 2. The first-order valence-corrected chi connectivity index (χ1v) is 6.91. The molecule has 2 unspecified atom stereocenters. The third-order valence-corrected chi connectivity index (χ3v) is 4.41. The van der Waals surface area contributed by atoms with E-state index in [1.54, 1.807) is 4.90 Å². The summed E-state index contributed by atoms with van der Waals surface area (Å²) in [4.78, 5) is 24.2. The second kappa shape index (κ2) is 5.46. The summed E-state index contributed by atoms with van der Waals surface area (Å²) in [6, 6.07) is -0.761. The number of rotatable bonds is 4. The van der Waals surface area contributed by atoms with Gasteiger partial charge in [-0.3, -0.25) is 14.5 Å². The molecule has 2 fully saturated rings. The van der Waals surface area contributed by atoms with Crippen LogP contribution in [-0.2, 0) is 9.59 Å². The Morgan fingerprint density at radius 3 is 2.37 bits per heavy atom. The van der Waals surface area contributed by atoms with Crippen LogP contribution in [0.4, 0.5) is 0 Å². The average molecular weight is 270 g/mol. The summed E-state index contributed by atoms with van der Waals surface area (Å²) in [5.41, 5.74) is 4.40. The quantitative estimate of drug-likeness (QED) is 0.687. The molecule has 6 heteroatoms. The first kappa shape index (κ1) is 14.3. The van der Waals surface area contributed by atoms with Crippen molar-refractivity contribution in [1.82, 2.24) is 4.90 Å². The monoisotopic (exact) mass is 270 g/mol. The van der Waals surface area contributed by atoms with E-state index in [2.05, 4.69) is 0 Å². The summed E-state index contributed by atoms with van der Waals surface area (Å²) < 4.78 is 0. The van der Waals surface area contributed by atoms with Crippen LogP contribution in [0.2, 0.25) is 0 Å². The Labute approximate surface area is 112 Å². The molecule has 108 valence electrons. The van der Waals surface area contributed by atoms with E-state index in [1.165, 1.54) is 19.3 Å². The van der Waals surface area contributed by atoms with Gasteiger partial charge in [0.05, 0.1) is 0 Å². The standard InChI is InChI=1S/C13H22N2O4/c14-13(12(18)19)6-10(11(16)17)15(8-13)7-9-4-2-1-3-5-9/h9-10H,1-8,14H2,(H,16,17)(H,18,19). The number of aliphatic carboxylic acids is 2. The van der Waals surface area contributed by atoms with Crippen molar-refractivity contribution in [2.45, 2.75) is 50.1 Å². The molecule has 1 aliphatic heterocycles. The van der Waals surface area contributed by atoms with E-state index in [0.717, 1.165) is 12.8 Å². The molecule has 1 heterocycles. The number of carbonyl (C=O) groups is 2. The van der Waals surface area contributed by atoms with Gasteiger partial charge < -0.3 is 15.9 Å². The Balaban J connectivity index is 2.04. The van der Waals surface area contributed by atoms with Crippen molar-refractivity contribution >= 4 is 11.9 Å². The third kappa shape index (κ3) is 3.06. The summed E-state index contributed by atoms with van der Waals surface area (Å²) in [7, 11) is 0. The Kier molecular flexibility index (Phi) is 4.10. The van der Waals surface area contributed by atoms with E-state index in [4.69, 9.17) is 10.8 Å². The van der Waals surface area contributed by atoms with Gasteiger partial charge in [0, 0.05) is 19.5 Å². The fourth-order valence-electron chi connectivity index (χ4n) is 3.30. The lowest BCUT2D eigenvalue weighted by Crippen LogP contribution is -2.50. The zero-order valence-corrected chi connectivity index (χ0v) is 11.0. The minimum Gasteiger partial charge on any atom is -0.480 e. The SMILES string of the molecule is NC1(C(=O)O)CC(C(=O)O)N(CC2CCCCC2)C1. The number of hydrogen-bond acceptors (Lipinski definition) is 4. The summed E-state index contributed by atoms with van der Waals surface area (Å²) in [6.45, 7) is 0.791. The highest BCUT2D eigenvalue weighted by Gasteiger charge is 2.49. The van der Waals surface area contributed by atoms with Gasteiger partial charge in [0.1, 0.15) is 11.6 Å². The van der Waals surface area contributed by atoms with Gasteiger partial charge in [-0.05, 0) is 18.8 Å². The molecular weight excluding hydrogens is 248 g/mol. The molecule has 2 aliphatic rings. The van der Waals surface area contributed by atoms with Crippen molar-refractivity contribution in [3.05, 3.63) is 0 Å². The van der Waals surface area contributed by atoms with Crippen LogP contribution in [0.25, 0.3) is 0 Å². The Bertz CT molecular complexity index is 368. The molecular formula is C13H22N2O4. The van der Waals surface area contributed by atoms with E-state index in [-0.39, 0.29) is 13.0 Å². The zero-order chi connectivity index (χ0) is 14.0. The van der Waals surface area contributed by atoms with E-state index in [0.29, 0.717) is 12.5 Å². The molecule has 0 aromatic heterocycles. The molecule has 0 aromatic carbocycles. The van der Waals surface area contributed by atoms with Crippen LogP contribution in [0.1, 0.15) is 38.5 Å². The Hall–Kier alpha value is -1.14. The van der Waals surface area contributed by atoms with Crippen LogP contribution in [-0.4, -0.2) is 51.7 Å². The predicted octanol–water partition coefficient (Wildman–Crippen LogP) is 0.508. The molecule has 0 radical (unpaired) electrons. The number of nitrogens with zero attached hydrogens (tertiary/aromatic N) is 1. The Morgan fingerprint density at radius 1 is 1.21 bits per heavy atom. The fraction of sp³-hybridized carbons (Fsp3) is 0.846. The van der Waals surface area contributed by atoms with Gasteiger partial charge in [0.2, 0.25) is 0 Å². The summed E-state index contributed by atoms with van der Waals surface area (Å²) >= 11 is 0. The lowest BCUT2D eigenvalue weighted by molar-refractivity contribution is -0.142. The first-order chi connectivity index (χ1) is 8.92. The minimum absolute atomic E-state index is 0.00954. The average Bonchev–Trinajstić information content (AvgIpc) is 2.69. The van der Waals surface area contributed by atoms with Crippen LogP contribution in [0.3, 0.4) is 0 Å². The normalized spacial score (nSPS) is 33.4. The maximum Gasteiger partial charge on any atom is 0.325 e. The van der Waals surface area contributed by atoms with Gasteiger partial charge in [-0.1, -0.05) is 19.3 Å². The molecule has 1 saturated heterocycles. The third-order valence-electron chi connectivity index (χ3n) is 4.41. The van der Waals surface area contributed by atoms with Gasteiger partial charge in [-0.2, -0.15) is 0 Å². The summed E-state index contributed by atoms with van der Waals surface area (Å²) in [5, 5.41) is 18.4. The molecule has 0 amide bonds. The van der Waals surface area contributed by atoms with Crippen molar-refractivity contribution in [3.8, 4) is 0 Å². The second-order valence-corrected chi connectivity index (χ2v) is 5.95. The first-order valence-electron chi connectivity index (χ1n) is 6.91. The maximum absolute atomic E-state index is 11.3. The molecule has 2 rings (SSSR count). The summed E-state index contributed by atoms with van der Waals surface area (Å²) in [5.74, 6) is -1.60. The highest BCUT2D eigenvalue weighted by atomic mass is 16.4. The predicted molar refractivity (Wildman–Crippen MR) is 68.7 cm³/mol. The molecule has 0 bridgehead atoms. The molecule has 2 atom stereocenters. The van der Waals surface area contributed by atoms with Crippen molar-refractivity contribution in [1.29, 1.82) is 0 Å². The molecule has 1 aliphatic carbocycles. The van der Waals surface area contributed by atoms with Crippen molar-refractivity contribution in [3.63, 3.8) is 0 Å². The number of hydrogen-bond donors (Lipinski definition) is 3. The molecule has 0 aromatic rings. The van der Waals surface area contributed by atoms with Crippen molar-refractivity contribution in [2.75, 3.05) is 13.1 Å². The minimum atomic E-state index is -1.42. The van der Waals surface area contributed by atoms with Crippen LogP contribution < -0.4 is 5.73 Å². The topological polar surface area (TPSA) is 104 Å². The van der Waals surface area contributed by atoms with Gasteiger partial charge in [-0.25, -0.2) is 0 Å². The number of carboxylic acid groups (broad SMARTS) is 2. The molecule has 0 spiro atoms. The van der Waals surface area contributed by atoms with Gasteiger partial charge in [0.25, 0.3) is 0 Å². The van der Waals surface area contributed by atoms with Crippen molar-refractivity contribution < 1.29 is 19.8 Å². The van der Waals surface area contributed by atoms with E-state index >= 15 is 0 Å². The molecule has 19 heavy (non-hydrogen) atoms. The van der Waals surface area contributed by atoms with Gasteiger partial charge in [-0.15, -0.1) is 0 Å². The maximum atomic E-state index is 11.3. The van der Waals surface area contributed by atoms with E-state index in [1.807, 2.05) is 0 Å². The zero-order valence-electron chi connectivity index (χ0n) is 11.0. The van der Waals surface area contributed by atoms with Gasteiger partial charge >= 0.3 is 11.9 Å². The van der Waals surface area contributed by atoms with Crippen LogP contribution in [0, 0.1) is 5.92 Å². The smallest absolute Gasteiger partial charge is 0.325 e. The second-order valence-electron chi connectivity index (χ2n) is 5.95. The van der Waals surface area contributed by atoms with Gasteiger partial charge in [0.15, 0.2) is 0 Å². The fourth-order valence-corrected chi connectivity index (χ4v) is 3.30. The lowest BCUT2D eigenvalue weighted by Gasteiger charge is -2.29. The summed E-state index contributed by atoms with van der Waals surface area (Å²) in [6.07, 6.45) is 5.81. The van der Waals surface area contributed by atoms with Crippen LogP contribution in [0.5, 0.6) is 0 Å². The number of nitrogens with two attached hydrogens (primary N) is 1. The Morgan fingerprint density at radius 2 is 1.84 bits per heavy atom. The highest BCUT2D eigenvalue weighted by Crippen LogP contribution is 2.30. The largest absolute Gasteiger partial charge is 0.480 e. The van der Waals surface area contributed by atoms with Crippen LogP contribution in [0.15, 0.2) is 0 Å². The van der Waals surface area contributed by atoms with Crippen LogP contribution >= 0.6 is 0 Å². The number of likely N-dealkylation sites (tertiary alicyclic amines) is 1. The molecule has 4 N–H and O–H groups in total. The van der Waals surface area contributed by atoms with E-state index in [9.17, 15) is 14.7 Å².